The SMILES string of the molecule is CP(=[Se])(c1ccccc1)c1ccccc1. The molecule has 0 aliphatic rings. The van der Waals surface area contributed by atoms with E-state index >= 15 is 0 Å². The molecule has 2 aromatic rings. The number of rotatable bonds is 2. The van der Waals surface area contributed by atoms with Crippen molar-refractivity contribution in [1.29, 1.82) is 0 Å². The fourth-order valence-electron chi connectivity index (χ4n) is 1.57. The number of benzene rings is 2. The predicted molar refractivity (Wildman–Crippen MR) is 70.8 cm³/mol. The van der Waals surface area contributed by atoms with Gasteiger partial charge in [0.15, 0.2) is 0 Å². The minimum absolute atomic E-state index is 1.27. The van der Waals surface area contributed by atoms with E-state index in [9.17, 15) is 0 Å². The van der Waals surface area contributed by atoms with E-state index in [0.29, 0.717) is 0 Å². The van der Waals surface area contributed by atoms with Gasteiger partial charge in [-0.1, -0.05) is 0 Å². The van der Waals surface area contributed by atoms with Gasteiger partial charge in [-0.05, 0) is 0 Å². The standard InChI is InChI=1S/C13H13PSe/c1-14(15,12-8-4-2-5-9-12)13-10-6-3-7-11-13/h2-11H,1H3. The normalized spacial score (nSPS) is 11.3. The van der Waals surface area contributed by atoms with Crippen molar-refractivity contribution in [2.24, 2.45) is 0 Å². The Morgan fingerprint density at radius 2 is 1.07 bits per heavy atom. The average molecular weight is 279 g/mol. The monoisotopic (exact) mass is 280 g/mol. The summed E-state index contributed by atoms with van der Waals surface area (Å²) in [4.78, 5) is 0. The van der Waals surface area contributed by atoms with Crippen LogP contribution in [-0.4, -0.2) is 21.8 Å². The van der Waals surface area contributed by atoms with Gasteiger partial charge in [0.1, 0.15) is 0 Å². The molecule has 0 aliphatic heterocycles. The van der Waals surface area contributed by atoms with Crippen molar-refractivity contribution in [2.45, 2.75) is 0 Å². The third-order valence-corrected chi connectivity index (χ3v) is 7.72. The molecule has 0 spiro atoms. The second kappa shape index (κ2) is 4.49. The van der Waals surface area contributed by atoms with E-state index < -0.39 is 5.51 Å². The molecule has 2 aromatic carbocycles. The van der Waals surface area contributed by atoms with Crippen LogP contribution in [0, 0.1) is 0 Å². The molecule has 0 N–H and O–H groups in total. The van der Waals surface area contributed by atoms with E-state index in [1.807, 2.05) is 0 Å². The molecule has 0 atom stereocenters. The molecule has 76 valence electrons. The maximum absolute atomic E-state index is 3.40. The van der Waals surface area contributed by atoms with Gasteiger partial charge in [0.05, 0.1) is 0 Å². The first-order valence-electron chi connectivity index (χ1n) is 4.90. The van der Waals surface area contributed by atoms with E-state index in [1.165, 1.54) is 10.6 Å². The van der Waals surface area contributed by atoms with Crippen molar-refractivity contribution in [1.82, 2.24) is 0 Å². The van der Waals surface area contributed by atoms with Crippen molar-refractivity contribution in [3.63, 3.8) is 0 Å². The second-order valence-corrected chi connectivity index (χ2v) is 11.1. The van der Waals surface area contributed by atoms with Crippen LogP contribution >= 0.6 is 5.51 Å². The van der Waals surface area contributed by atoms with Crippen LogP contribution in [0.25, 0.3) is 0 Å². The average Bonchev–Trinajstić information content (AvgIpc) is 2.31. The molecule has 2 rings (SSSR count). The van der Waals surface area contributed by atoms with Crippen LogP contribution in [0.15, 0.2) is 60.7 Å². The van der Waals surface area contributed by atoms with E-state index in [1.54, 1.807) is 0 Å². The molecular formula is C13H13PSe. The van der Waals surface area contributed by atoms with Gasteiger partial charge in [-0.15, -0.1) is 0 Å². The van der Waals surface area contributed by atoms with Crippen LogP contribution in [0.4, 0.5) is 0 Å². The van der Waals surface area contributed by atoms with Gasteiger partial charge in [-0.25, -0.2) is 0 Å². The summed E-state index contributed by atoms with van der Waals surface area (Å²) >= 11 is 3.40. The van der Waals surface area contributed by atoms with Crippen molar-refractivity contribution < 1.29 is 0 Å². The Morgan fingerprint density at radius 3 is 1.40 bits per heavy atom. The molecule has 0 fully saturated rings. The fourth-order valence-corrected chi connectivity index (χ4v) is 4.89. The summed E-state index contributed by atoms with van der Waals surface area (Å²) in [7, 11) is 0. The Bertz CT molecular complexity index is 433. The fraction of sp³-hybridized carbons (Fsp3) is 0.0769. The zero-order chi connectivity index (χ0) is 10.7. The molecule has 0 heterocycles. The van der Waals surface area contributed by atoms with Crippen LogP contribution < -0.4 is 10.6 Å². The Kier molecular flexibility index (Phi) is 3.26. The molecule has 0 saturated heterocycles. The van der Waals surface area contributed by atoms with Crippen LogP contribution in [-0.2, 0) is 0 Å². The quantitative estimate of drug-likeness (QED) is 0.585. The van der Waals surface area contributed by atoms with Crippen LogP contribution in [0.2, 0.25) is 0 Å². The summed E-state index contributed by atoms with van der Waals surface area (Å²) in [6.07, 6.45) is 0. The van der Waals surface area contributed by atoms with Crippen molar-refractivity contribution in [3.05, 3.63) is 60.7 Å². The molecule has 0 saturated carbocycles. The molecule has 0 unspecified atom stereocenters. The topological polar surface area (TPSA) is 0 Å². The minimum atomic E-state index is -1.27. The Morgan fingerprint density at radius 1 is 0.733 bits per heavy atom. The summed E-state index contributed by atoms with van der Waals surface area (Å²) in [5.74, 6) is 0. The zero-order valence-electron chi connectivity index (χ0n) is 8.63. The third-order valence-electron chi connectivity index (χ3n) is 2.50. The maximum atomic E-state index is 3.40. The molecule has 0 nitrogen and oxygen atoms in total. The third kappa shape index (κ3) is 2.32. The van der Waals surface area contributed by atoms with Crippen LogP contribution in [0.1, 0.15) is 0 Å². The van der Waals surface area contributed by atoms with Gasteiger partial charge in [-0.3, -0.25) is 0 Å². The molecule has 0 aliphatic carbocycles. The van der Waals surface area contributed by atoms with Crippen LogP contribution in [0.3, 0.4) is 0 Å². The van der Waals surface area contributed by atoms with Crippen molar-refractivity contribution in [2.75, 3.05) is 6.66 Å². The van der Waals surface area contributed by atoms with Crippen molar-refractivity contribution >= 4 is 31.2 Å². The molecule has 0 bridgehead atoms. The van der Waals surface area contributed by atoms with Gasteiger partial charge in [0.25, 0.3) is 0 Å². The summed E-state index contributed by atoms with van der Waals surface area (Å²) in [6, 6.07) is 21.4. The first kappa shape index (κ1) is 10.9. The molecular weight excluding hydrogens is 266 g/mol. The summed E-state index contributed by atoms with van der Waals surface area (Å²) < 4.78 is 0. The molecule has 0 amide bonds. The van der Waals surface area contributed by atoms with E-state index in [0.717, 1.165) is 0 Å². The van der Waals surface area contributed by atoms with E-state index in [2.05, 4.69) is 82.4 Å². The van der Waals surface area contributed by atoms with Crippen molar-refractivity contribution in [3.8, 4) is 0 Å². The molecule has 2 heteroatoms. The molecule has 0 radical (unpaired) electrons. The van der Waals surface area contributed by atoms with Crippen LogP contribution in [0.5, 0.6) is 0 Å². The first-order valence-corrected chi connectivity index (χ1v) is 9.35. The molecule has 0 aromatic heterocycles. The predicted octanol–water partition coefficient (Wildman–Crippen LogP) is 2.37. The second-order valence-electron chi connectivity index (χ2n) is 3.60. The van der Waals surface area contributed by atoms with Gasteiger partial charge >= 0.3 is 98.5 Å². The van der Waals surface area contributed by atoms with Gasteiger partial charge < -0.3 is 0 Å². The zero-order valence-corrected chi connectivity index (χ0v) is 11.2. The number of hydrogen-bond acceptors (Lipinski definition) is 0. The Balaban J connectivity index is 2.50. The Labute approximate surface area is 98.6 Å². The van der Waals surface area contributed by atoms with Gasteiger partial charge in [0.2, 0.25) is 0 Å². The number of hydrogen-bond donors (Lipinski definition) is 0. The van der Waals surface area contributed by atoms with Gasteiger partial charge in [-0.2, -0.15) is 0 Å². The Hall–Kier alpha value is -0.611. The van der Waals surface area contributed by atoms with E-state index in [-0.39, 0.29) is 0 Å². The summed E-state index contributed by atoms with van der Waals surface area (Å²) in [6.45, 7) is 2.32. The first-order chi connectivity index (χ1) is 7.21. The van der Waals surface area contributed by atoms with Gasteiger partial charge in [0, 0.05) is 0 Å². The molecule has 15 heavy (non-hydrogen) atoms. The summed E-state index contributed by atoms with van der Waals surface area (Å²) in [5.41, 5.74) is -1.27. The summed E-state index contributed by atoms with van der Waals surface area (Å²) in [5, 5.41) is 2.83. The van der Waals surface area contributed by atoms with E-state index in [4.69, 9.17) is 0 Å².